The molecule has 4 rings (SSSR count). The Morgan fingerprint density at radius 1 is 1.17 bits per heavy atom. The minimum absolute atomic E-state index is 0.0139. The fourth-order valence-electron chi connectivity index (χ4n) is 3.90. The number of benzene rings is 2. The monoisotopic (exact) mass is 411 g/mol. The Morgan fingerprint density at radius 3 is 2.69 bits per heavy atom. The third-order valence-electron chi connectivity index (χ3n) is 5.53. The van der Waals surface area contributed by atoms with Crippen LogP contribution in [0.1, 0.15) is 34.3 Å². The SMILES string of the molecule is Cc1ccc(Cl)cc1NC(=O)c1ccc(CN2CC(=O)N3CCC[C@H]3C2=O)cc1. The number of rotatable bonds is 4. The van der Waals surface area contributed by atoms with E-state index in [0.29, 0.717) is 29.4 Å². The van der Waals surface area contributed by atoms with Crippen molar-refractivity contribution in [3.63, 3.8) is 0 Å². The smallest absolute Gasteiger partial charge is 0.255 e. The summed E-state index contributed by atoms with van der Waals surface area (Å²) < 4.78 is 0. The Hall–Kier alpha value is -2.86. The van der Waals surface area contributed by atoms with Crippen molar-refractivity contribution < 1.29 is 14.4 Å². The van der Waals surface area contributed by atoms with Crippen LogP contribution in [-0.4, -0.2) is 46.7 Å². The molecule has 2 aromatic carbocycles. The second-order valence-corrected chi connectivity index (χ2v) is 7.99. The first-order chi connectivity index (χ1) is 13.9. The number of aryl methyl sites for hydroxylation is 1. The van der Waals surface area contributed by atoms with Crippen molar-refractivity contribution in [2.45, 2.75) is 32.4 Å². The Morgan fingerprint density at radius 2 is 1.93 bits per heavy atom. The van der Waals surface area contributed by atoms with Gasteiger partial charge in [0.05, 0.1) is 0 Å². The summed E-state index contributed by atoms with van der Waals surface area (Å²) >= 11 is 6.00. The Labute approximate surface area is 174 Å². The molecule has 1 atom stereocenters. The Bertz CT molecular complexity index is 974. The molecule has 0 saturated carbocycles. The van der Waals surface area contributed by atoms with Gasteiger partial charge in [-0.05, 0) is 55.2 Å². The second-order valence-electron chi connectivity index (χ2n) is 7.55. The van der Waals surface area contributed by atoms with E-state index in [9.17, 15) is 14.4 Å². The summed E-state index contributed by atoms with van der Waals surface area (Å²) in [6.07, 6.45) is 1.62. The van der Waals surface area contributed by atoms with E-state index in [2.05, 4.69) is 5.32 Å². The number of hydrogen-bond acceptors (Lipinski definition) is 3. The number of nitrogens with zero attached hydrogens (tertiary/aromatic N) is 2. The zero-order valence-corrected chi connectivity index (χ0v) is 16.9. The molecule has 2 aliphatic heterocycles. The molecule has 0 unspecified atom stereocenters. The van der Waals surface area contributed by atoms with E-state index in [-0.39, 0.29) is 30.3 Å². The molecule has 0 bridgehead atoms. The first kappa shape index (κ1) is 19.5. The van der Waals surface area contributed by atoms with Gasteiger partial charge >= 0.3 is 0 Å². The second kappa shape index (κ2) is 7.87. The van der Waals surface area contributed by atoms with Crippen LogP contribution in [0.3, 0.4) is 0 Å². The van der Waals surface area contributed by atoms with Crippen molar-refractivity contribution >= 4 is 35.0 Å². The van der Waals surface area contributed by atoms with Gasteiger partial charge in [-0.15, -0.1) is 0 Å². The minimum Gasteiger partial charge on any atom is -0.329 e. The molecule has 2 fully saturated rings. The van der Waals surface area contributed by atoms with Gasteiger partial charge in [-0.2, -0.15) is 0 Å². The Balaban J connectivity index is 1.42. The first-order valence-corrected chi connectivity index (χ1v) is 10.0. The van der Waals surface area contributed by atoms with Gasteiger partial charge in [-0.25, -0.2) is 0 Å². The largest absolute Gasteiger partial charge is 0.329 e. The van der Waals surface area contributed by atoms with Crippen LogP contribution in [0.15, 0.2) is 42.5 Å². The van der Waals surface area contributed by atoms with Crippen LogP contribution < -0.4 is 5.32 Å². The average molecular weight is 412 g/mol. The van der Waals surface area contributed by atoms with Gasteiger partial charge < -0.3 is 15.1 Å². The summed E-state index contributed by atoms with van der Waals surface area (Å²) in [5, 5.41) is 3.43. The summed E-state index contributed by atoms with van der Waals surface area (Å²) in [7, 11) is 0. The van der Waals surface area contributed by atoms with Gasteiger partial charge in [-0.3, -0.25) is 14.4 Å². The highest BCUT2D eigenvalue weighted by Gasteiger charge is 2.41. The van der Waals surface area contributed by atoms with E-state index in [1.807, 2.05) is 25.1 Å². The molecule has 29 heavy (non-hydrogen) atoms. The molecule has 0 spiro atoms. The van der Waals surface area contributed by atoms with Crippen LogP contribution in [0, 0.1) is 6.92 Å². The fraction of sp³-hybridized carbons (Fsp3) is 0.318. The van der Waals surface area contributed by atoms with Crippen LogP contribution in [-0.2, 0) is 16.1 Å². The highest BCUT2D eigenvalue weighted by atomic mass is 35.5. The fourth-order valence-corrected chi connectivity index (χ4v) is 4.08. The minimum atomic E-state index is -0.303. The predicted octanol–water partition coefficient (Wildman–Crippen LogP) is 3.23. The summed E-state index contributed by atoms with van der Waals surface area (Å²) in [4.78, 5) is 40.8. The molecule has 3 amide bonds. The standard InChI is InChI=1S/C22H22ClN3O3/c1-14-4-9-17(23)11-18(14)24-21(28)16-7-5-15(6-8-16)12-25-13-20(27)26-10-2-3-19(26)22(25)29/h4-9,11,19H,2-3,10,12-13H2,1H3,(H,24,28)/t19-/m0/s1. The molecule has 2 aliphatic rings. The normalized spacial score (nSPS) is 18.8. The quantitative estimate of drug-likeness (QED) is 0.839. The van der Waals surface area contributed by atoms with Gasteiger partial charge in [0.15, 0.2) is 0 Å². The number of carbonyl (C=O) groups excluding carboxylic acids is 3. The van der Waals surface area contributed by atoms with Gasteiger partial charge in [-0.1, -0.05) is 29.8 Å². The zero-order chi connectivity index (χ0) is 20.5. The van der Waals surface area contributed by atoms with Gasteiger partial charge in [0.1, 0.15) is 12.6 Å². The number of fused-ring (bicyclic) bond motifs is 1. The maximum absolute atomic E-state index is 12.7. The molecule has 1 N–H and O–H groups in total. The van der Waals surface area contributed by atoms with Gasteiger partial charge in [0, 0.05) is 29.4 Å². The number of nitrogens with one attached hydrogen (secondary N) is 1. The molecule has 0 aliphatic carbocycles. The molecule has 150 valence electrons. The van der Waals surface area contributed by atoms with E-state index < -0.39 is 0 Å². The summed E-state index contributed by atoms with van der Waals surface area (Å²) in [6, 6.07) is 12.1. The average Bonchev–Trinajstić information content (AvgIpc) is 3.20. The van der Waals surface area contributed by atoms with E-state index >= 15 is 0 Å². The lowest BCUT2D eigenvalue weighted by atomic mass is 10.1. The van der Waals surface area contributed by atoms with E-state index in [1.165, 1.54) is 0 Å². The Kier molecular flexibility index (Phi) is 5.28. The third kappa shape index (κ3) is 3.98. The number of anilines is 1. The van der Waals surface area contributed by atoms with Crippen molar-refractivity contribution in [3.05, 3.63) is 64.2 Å². The molecule has 0 radical (unpaired) electrons. The number of amides is 3. The van der Waals surface area contributed by atoms with Gasteiger partial charge in [0.2, 0.25) is 11.8 Å². The zero-order valence-electron chi connectivity index (χ0n) is 16.2. The van der Waals surface area contributed by atoms with E-state index in [0.717, 1.165) is 24.0 Å². The molecule has 2 saturated heterocycles. The highest BCUT2D eigenvalue weighted by molar-refractivity contribution is 6.31. The molecular formula is C22H22ClN3O3. The summed E-state index contributed by atoms with van der Waals surface area (Å²) in [5.41, 5.74) is 2.99. The van der Waals surface area contributed by atoms with Crippen molar-refractivity contribution in [2.24, 2.45) is 0 Å². The van der Waals surface area contributed by atoms with Crippen LogP contribution in [0.2, 0.25) is 5.02 Å². The van der Waals surface area contributed by atoms with Crippen LogP contribution in [0.4, 0.5) is 5.69 Å². The summed E-state index contributed by atoms with van der Waals surface area (Å²) in [5.74, 6) is -0.201. The molecule has 6 nitrogen and oxygen atoms in total. The lowest BCUT2D eigenvalue weighted by molar-refractivity contribution is -0.154. The number of hydrogen-bond donors (Lipinski definition) is 1. The summed E-state index contributed by atoms with van der Waals surface area (Å²) in [6.45, 7) is 3.06. The molecular weight excluding hydrogens is 390 g/mol. The van der Waals surface area contributed by atoms with Crippen LogP contribution >= 0.6 is 11.6 Å². The first-order valence-electron chi connectivity index (χ1n) is 9.67. The maximum Gasteiger partial charge on any atom is 0.255 e. The molecule has 7 heteroatoms. The van der Waals surface area contributed by atoms with Crippen LogP contribution in [0.25, 0.3) is 0 Å². The van der Waals surface area contributed by atoms with Gasteiger partial charge in [0.25, 0.3) is 5.91 Å². The highest BCUT2D eigenvalue weighted by Crippen LogP contribution is 2.25. The van der Waals surface area contributed by atoms with Crippen molar-refractivity contribution in [3.8, 4) is 0 Å². The number of piperazine rings is 1. The topological polar surface area (TPSA) is 69.7 Å². The third-order valence-corrected chi connectivity index (χ3v) is 5.77. The number of halogens is 1. The lowest BCUT2D eigenvalue weighted by Gasteiger charge is -2.36. The van der Waals surface area contributed by atoms with Crippen LogP contribution in [0.5, 0.6) is 0 Å². The van der Waals surface area contributed by atoms with Crippen molar-refractivity contribution in [1.29, 1.82) is 0 Å². The van der Waals surface area contributed by atoms with E-state index in [1.54, 1.807) is 34.1 Å². The van der Waals surface area contributed by atoms with E-state index in [4.69, 9.17) is 11.6 Å². The number of carbonyl (C=O) groups is 3. The molecule has 2 heterocycles. The molecule has 0 aromatic heterocycles. The lowest BCUT2D eigenvalue weighted by Crippen LogP contribution is -2.56. The maximum atomic E-state index is 12.7. The molecule has 2 aromatic rings. The van der Waals surface area contributed by atoms with Crippen molar-refractivity contribution in [1.82, 2.24) is 9.80 Å². The predicted molar refractivity (Wildman–Crippen MR) is 111 cm³/mol. The van der Waals surface area contributed by atoms with Crippen molar-refractivity contribution in [2.75, 3.05) is 18.4 Å².